The lowest BCUT2D eigenvalue weighted by Gasteiger charge is -2.35. The summed E-state index contributed by atoms with van der Waals surface area (Å²) in [5.74, 6) is 3.84. The summed E-state index contributed by atoms with van der Waals surface area (Å²) in [5.41, 5.74) is 0. The van der Waals surface area contributed by atoms with Crippen LogP contribution in [0, 0.1) is 35.5 Å². The monoisotopic (exact) mass is 388 g/mol. The van der Waals surface area contributed by atoms with Crippen molar-refractivity contribution in [2.45, 2.75) is 92.3 Å². The van der Waals surface area contributed by atoms with Gasteiger partial charge < -0.3 is 9.99 Å². The highest BCUT2D eigenvalue weighted by molar-refractivity contribution is 6.27. The van der Waals surface area contributed by atoms with Crippen molar-refractivity contribution in [3.63, 3.8) is 0 Å². The largest absolute Gasteiger partial charge is 0.393 e. The second kappa shape index (κ2) is 11.6. The lowest BCUT2D eigenvalue weighted by molar-refractivity contribution is -0.308. The van der Waals surface area contributed by atoms with Gasteiger partial charge in [0, 0.05) is 0 Å². The minimum absolute atomic E-state index is 0.0289. The first-order chi connectivity index (χ1) is 12.1. The van der Waals surface area contributed by atoms with Crippen LogP contribution >= 0.6 is 11.6 Å². The van der Waals surface area contributed by atoms with Gasteiger partial charge in [-0.1, -0.05) is 54.4 Å². The van der Waals surface area contributed by atoms with Gasteiger partial charge in [-0.2, -0.15) is 4.89 Å². The van der Waals surface area contributed by atoms with E-state index < -0.39 is 0 Å². The lowest BCUT2D eigenvalue weighted by atomic mass is 9.75. The highest BCUT2D eigenvalue weighted by atomic mass is 35.5. The Morgan fingerprint density at radius 3 is 1.88 bits per heavy atom. The number of aliphatic hydroxyl groups is 1. The SMILES string of the molecule is C=C(Cl)OO[C@H]1C[C@@H](C)CC[C@@H]1C(C)C.CC(C)[C@H]1CC[C@H](C)C[C@@H]1O. The van der Waals surface area contributed by atoms with Crippen LogP contribution in [0.5, 0.6) is 0 Å². The zero-order valence-corrected chi connectivity index (χ0v) is 18.5. The fourth-order valence-corrected chi connectivity index (χ4v) is 4.53. The molecule has 4 heteroatoms. The van der Waals surface area contributed by atoms with Crippen LogP contribution in [0.1, 0.15) is 80.1 Å². The van der Waals surface area contributed by atoms with E-state index in [-0.39, 0.29) is 17.4 Å². The molecule has 0 amide bonds. The van der Waals surface area contributed by atoms with Crippen molar-refractivity contribution in [1.82, 2.24) is 0 Å². The predicted molar refractivity (Wildman–Crippen MR) is 110 cm³/mol. The summed E-state index contributed by atoms with van der Waals surface area (Å²) in [6.07, 6.45) is 7.21. The molecular formula is C22H41ClO3. The Balaban J connectivity index is 0.000000273. The average molecular weight is 389 g/mol. The second-order valence-corrected chi connectivity index (χ2v) is 9.71. The molecule has 0 radical (unpaired) electrons. The summed E-state index contributed by atoms with van der Waals surface area (Å²) < 4.78 is 0. The van der Waals surface area contributed by atoms with Crippen LogP contribution in [0.4, 0.5) is 0 Å². The van der Waals surface area contributed by atoms with Gasteiger partial charge >= 0.3 is 0 Å². The molecule has 0 aromatic rings. The number of aliphatic hydroxyl groups excluding tert-OH is 1. The van der Waals surface area contributed by atoms with E-state index in [2.05, 4.69) is 48.1 Å². The summed E-state index contributed by atoms with van der Waals surface area (Å²) in [6, 6.07) is 0. The highest BCUT2D eigenvalue weighted by Gasteiger charge is 2.32. The molecule has 2 aliphatic carbocycles. The molecule has 154 valence electrons. The van der Waals surface area contributed by atoms with Gasteiger partial charge in [0.15, 0.2) is 0 Å². The molecule has 1 N–H and O–H groups in total. The second-order valence-electron chi connectivity index (χ2n) is 9.29. The minimum Gasteiger partial charge on any atom is -0.393 e. The highest BCUT2D eigenvalue weighted by Crippen LogP contribution is 2.36. The van der Waals surface area contributed by atoms with Crippen molar-refractivity contribution in [3.8, 4) is 0 Å². The minimum atomic E-state index is -0.0289. The molecular weight excluding hydrogens is 348 g/mol. The van der Waals surface area contributed by atoms with Gasteiger partial charge in [0.05, 0.1) is 6.10 Å². The van der Waals surface area contributed by atoms with Crippen LogP contribution in [0.15, 0.2) is 11.8 Å². The zero-order valence-electron chi connectivity index (χ0n) is 17.7. The Labute approximate surface area is 166 Å². The van der Waals surface area contributed by atoms with Crippen LogP contribution < -0.4 is 0 Å². The fraction of sp³-hybridized carbons (Fsp3) is 0.909. The van der Waals surface area contributed by atoms with Gasteiger partial charge in [-0.3, -0.25) is 0 Å². The zero-order chi connectivity index (χ0) is 19.9. The molecule has 0 saturated heterocycles. The van der Waals surface area contributed by atoms with E-state index in [0.717, 1.165) is 18.8 Å². The molecule has 2 fully saturated rings. The van der Waals surface area contributed by atoms with Gasteiger partial charge in [-0.15, -0.1) is 0 Å². The Morgan fingerprint density at radius 2 is 1.42 bits per heavy atom. The molecule has 2 aliphatic rings. The van der Waals surface area contributed by atoms with Gasteiger partial charge in [0.1, 0.15) is 6.10 Å². The maximum atomic E-state index is 9.71. The third-order valence-electron chi connectivity index (χ3n) is 6.21. The van der Waals surface area contributed by atoms with Gasteiger partial charge in [-0.25, -0.2) is 0 Å². The Kier molecular flexibility index (Phi) is 10.6. The van der Waals surface area contributed by atoms with E-state index in [9.17, 15) is 5.11 Å². The van der Waals surface area contributed by atoms with Crippen molar-refractivity contribution in [3.05, 3.63) is 11.8 Å². The smallest absolute Gasteiger partial charge is 0.224 e. The molecule has 0 bridgehead atoms. The first-order valence-electron chi connectivity index (χ1n) is 10.5. The molecule has 0 aromatic heterocycles. The molecule has 26 heavy (non-hydrogen) atoms. The van der Waals surface area contributed by atoms with Crippen molar-refractivity contribution in [2.75, 3.05) is 0 Å². The molecule has 0 spiro atoms. The van der Waals surface area contributed by atoms with E-state index in [4.69, 9.17) is 21.4 Å². The molecule has 2 saturated carbocycles. The molecule has 2 rings (SSSR count). The normalized spacial score (nSPS) is 35.0. The number of hydrogen-bond donors (Lipinski definition) is 1. The van der Waals surface area contributed by atoms with Crippen LogP contribution in [-0.2, 0) is 9.78 Å². The molecule has 0 aromatic carbocycles. The molecule has 0 unspecified atom stereocenters. The Hall–Kier alpha value is -0.250. The maximum absolute atomic E-state index is 9.71. The fourth-order valence-electron chi connectivity index (χ4n) is 4.49. The molecule has 3 nitrogen and oxygen atoms in total. The van der Waals surface area contributed by atoms with Crippen molar-refractivity contribution < 1.29 is 14.9 Å². The van der Waals surface area contributed by atoms with E-state index in [1.807, 2.05) is 0 Å². The van der Waals surface area contributed by atoms with E-state index in [1.54, 1.807) is 0 Å². The van der Waals surface area contributed by atoms with E-state index >= 15 is 0 Å². The van der Waals surface area contributed by atoms with Crippen molar-refractivity contribution in [1.29, 1.82) is 0 Å². The van der Waals surface area contributed by atoms with Crippen LogP contribution in [0.25, 0.3) is 0 Å². The van der Waals surface area contributed by atoms with E-state index in [1.165, 1.54) is 25.7 Å². The average Bonchev–Trinajstić information content (AvgIpc) is 2.52. The predicted octanol–water partition coefficient (Wildman–Crippen LogP) is 6.54. The topological polar surface area (TPSA) is 38.7 Å². The Bertz CT molecular complexity index is 410. The van der Waals surface area contributed by atoms with Crippen molar-refractivity contribution in [2.24, 2.45) is 35.5 Å². The van der Waals surface area contributed by atoms with Crippen LogP contribution in [0.2, 0.25) is 0 Å². The number of rotatable bonds is 5. The lowest BCUT2D eigenvalue weighted by Crippen LogP contribution is -2.34. The summed E-state index contributed by atoms with van der Waals surface area (Å²) in [5, 5.41) is 9.82. The molecule has 0 heterocycles. The Morgan fingerprint density at radius 1 is 0.923 bits per heavy atom. The number of hydrogen-bond acceptors (Lipinski definition) is 3. The van der Waals surface area contributed by atoms with Crippen molar-refractivity contribution >= 4 is 11.6 Å². The first-order valence-corrected chi connectivity index (χ1v) is 10.8. The first kappa shape index (κ1) is 23.8. The summed E-state index contributed by atoms with van der Waals surface area (Å²) in [7, 11) is 0. The standard InChI is InChI=1S/C12H21ClO2.C10H20O/c1-8(2)11-6-5-9(3)7-12(11)15-14-10(4)13;1-7(2)9-5-4-8(3)6-10(9)11/h8-9,11-12H,4-7H2,1-3H3;7-11H,4-6H2,1-3H3/t9-,11+,12-;8-,9+,10-/m00/s1. The van der Waals surface area contributed by atoms with Gasteiger partial charge in [-0.05, 0) is 79.4 Å². The van der Waals surface area contributed by atoms with Crippen LogP contribution in [0.3, 0.4) is 0 Å². The maximum Gasteiger partial charge on any atom is 0.224 e. The van der Waals surface area contributed by atoms with Gasteiger partial charge in [0.25, 0.3) is 0 Å². The molecule has 0 aliphatic heterocycles. The summed E-state index contributed by atoms with van der Waals surface area (Å²) in [4.78, 5) is 10.2. The quantitative estimate of drug-likeness (QED) is 0.330. The molecule has 6 atom stereocenters. The number of halogens is 1. The summed E-state index contributed by atoms with van der Waals surface area (Å²) >= 11 is 5.52. The summed E-state index contributed by atoms with van der Waals surface area (Å²) in [6.45, 7) is 16.8. The van der Waals surface area contributed by atoms with E-state index in [0.29, 0.717) is 29.6 Å². The third-order valence-corrected chi connectivity index (χ3v) is 6.27. The van der Waals surface area contributed by atoms with Crippen LogP contribution in [-0.4, -0.2) is 17.3 Å². The van der Waals surface area contributed by atoms with Gasteiger partial charge in [0.2, 0.25) is 5.22 Å². The third kappa shape index (κ3) is 8.19.